The predicted molar refractivity (Wildman–Crippen MR) is 130 cm³/mol. The maximum absolute atomic E-state index is 12.9. The summed E-state index contributed by atoms with van der Waals surface area (Å²) in [4.78, 5) is 29.2. The zero-order chi connectivity index (χ0) is 23.5. The van der Waals surface area contributed by atoms with Crippen LogP contribution in [0.3, 0.4) is 0 Å². The fourth-order valence-electron chi connectivity index (χ4n) is 3.40. The molecule has 2 aromatic heterocycles. The molecule has 5 rings (SSSR count). The number of hydrogen-bond donors (Lipinski definition) is 0. The molecule has 0 saturated carbocycles. The third kappa shape index (κ3) is 4.57. The van der Waals surface area contributed by atoms with Crippen molar-refractivity contribution in [3.63, 3.8) is 0 Å². The summed E-state index contributed by atoms with van der Waals surface area (Å²) in [6.45, 7) is 1.82. The summed E-state index contributed by atoms with van der Waals surface area (Å²) >= 11 is 1.25. The van der Waals surface area contributed by atoms with Crippen molar-refractivity contribution in [2.75, 3.05) is 0 Å². The van der Waals surface area contributed by atoms with Crippen molar-refractivity contribution >= 4 is 28.3 Å². The van der Waals surface area contributed by atoms with Crippen molar-refractivity contribution in [3.8, 4) is 22.9 Å². The molecule has 0 unspecified atom stereocenters. The van der Waals surface area contributed by atoms with E-state index in [4.69, 9.17) is 9.47 Å². The quantitative estimate of drug-likeness (QED) is 0.277. The number of carbonyl (C=O) groups excluding carboxylic acids is 1. The number of benzene rings is 3. The Bertz CT molecular complexity index is 1570. The minimum Gasteiger partial charge on any atom is -0.489 e. The molecule has 0 aliphatic carbocycles. The third-order valence-electron chi connectivity index (χ3n) is 4.99. The first-order valence-electron chi connectivity index (χ1n) is 10.5. The van der Waals surface area contributed by atoms with E-state index in [2.05, 4.69) is 10.1 Å². The lowest BCUT2D eigenvalue weighted by atomic mass is 10.2. The van der Waals surface area contributed by atoms with Gasteiger partial charge in [-0.1, -0.05) is 65.9 Å². The van der Waals surface area contributed by atoms with Crippen LogP contribution in [-0.2, 0) is 11.4 Å². The minimum atomic E-state index is -0.439. The van der Waals surface area contributed by atoms with Crippen LogP contribution in [0.2, 0.25) is 0 Å². The minimum absolute atomic E-state index is 0.256. The van der Waals surface area contributed by atoms with E-state index in [-0.39, 0.29) is 5.56 Å². The van der Waals surface area contributed by atoms with Gasteiger partial charge in [0.15, 0.2) is 5.82 Å². The van der Waals surface area contributed by atoms with Crippen LogP contribution in [0.15, 0.2) is 83.7 Å². The molecule has 0 spiro atoms. The highest BCUT2D eigenvalue weighted by Crippen LogP contribution is 2.28. The average molecular weight is 470 g/mol. The first-order valence-corrected chi connectivity index (χ1v) is 11.3. The number of thiazole rings is 1. The van der Waals surface area contributed by atoms with Gasteiger partial charge in [-0.2, -0.15) is 9.50 Å². The van der Waals surface area contributed by atoms with Gasteiger partial charge in [-0.3, -0.25) is 9.59 Å². The molecule has 0 aliphatic rings. The lowest BCUT2D eigenvalue weighted by Crippen LogP contribution is -2.23. The molecule has 3 aromatic carbocycles. The molecule has 0 saturated heterocycles. The van der Waals surface area contributed by atoms with Crippen molar-refractivity contribution in [2.45, 2.75) is 13.5 Å². The molecule has 5 aromatic rings. The lowest BCUT2D eigenvalue weighted by Gasteiger charge is -2.06. The normalized spacial score (nSPS) is 11.6. The highest BCUT2D eigenvalue weighted by atomic mass is 32.1. The van der Waals surface area contributed by atoms with Gasteiger partial charge in [0, 0.05) is 6.92 Å². The molecule has 0 bridgehead atoms. The molecule has 0 atom stereocenters. The van der Waals surface area contributed by atoms with E-state index in [1.165, 1.54) is 22.8 Å². The number of aromatic nitrogens is 3. The fraction of sp³-hybridized carbons (Fsp3) is 0.0769. The zero-order valence-corrected chi connectivity index (χ0v) is 19.0. The molecule has 0 radical (unpaired) electrons. The Hall–Kier alpha value is -4.30. The van der Waals surface area contributed by atoms with Crippen molar-refractivity contribution in [1.29, 1.82) is 0 Å². The largest absolute Gasteiger partial charge is 0.489 e. The second kappa shape index (κ2) is 9.29. The number of fused-ring (bicyclic) bond motifs is 1. The number of para-hydroxylation sites is 1. The monoisotopic (exact) mass is 469 g/mol. The fourth-order valence-corrected chi connectivity index (χ4v) is 4.30. The standard InChI is InChI=1S/C26H19N3O4S/c1-17(30)33-22-10-6-5-9-21(22)24-27-26-29(28-24)25(31)23(34-26)15-18-11-13-20(14-12-18)32-16-19-7-3-2-4-8-19/h2-15H,16H2,1H3. The lowest BCUT2D eigenvalue weighted by molar-refractivity contribution is -0.131. The number of esters is 1. The van der Waals surface area contributed by atoms with Crippen LogP contribution in [0.1, 0.15) is 18.1 Å². The number of nitrogens with zero attached hydrogens (tertiary/aromatic N) is 3. The third-order valence-corrected chi connectivity index (χ3v) is 5.95. The summed E-state index contributed by atoms with van der Waals surface area (Å²) in [5.41, 5.74) is 2.25. The van der Waals surface area contributed by atoms with E-state index in [0.717, 1.165) is 16.9 Å². The summed E-state index contributed by atoms with van der Waals surface area (Å²) in [5, 5.41) is 4.35. The highest BCUT2D eigenvalue weighted by molar-refractivity contribution is 7.15. The van der Waals surface area contributed by atoms with Crippen LogP contribution in [0.5, 0.6) is 11.5 Å². The van der Waals surface area contributed by atoms with Gasteiger partial charge in [0.25, 0.3) is 5.56 Å². The van der Waals surface area contributed by atoms with Crippen molar-refractivity contribution in [2.24, 2.45) is 0 Å². The van der Waals surface area contributed by atoms with Crippen molar-refractivity contribution < 1.29 is 14.3 Å². The maximum Gasteiger partial charge on any atom is 0.308 e. The van der Waals surface area contributed by atoms with Gasteiger partial charge in [-0.05, 0) is 41.5 Å². The van der Waals surface area contributed by atoms with Crippen molar-refractivity contribution in [3.05, 3.63) is 105 Å². The molecule has 7 nitrogen and oxygen atoms in total. The van der Waals surface area contributed by atoms with Gasteiger partial charge in [-0.15, -0.1) is 5.10 Å². The van der Waals surface area contributed by atoms with E-state index < -0.39 is 5.97 Å². The molecule has 0 aliphatic heterocycles. The van der Waals surface area contributed by atoms with Crippen LogP contribution in [0, 0.1) is 0 Å². The summed E-state index contributed by atoms with van der Waals surface area (Å²) in [6.07, 6.45) is 1.80. The van der Waals surface area contributed by atoms with Crippen LogP contribution >= 0.6 is 11.3 Å². The molecule has 2 heterocycles. The zero-order valence-electron chi connectivity index (χ0n) is 18.2. The van der Waals surface area contributed by atoms with E-state index in [1.807, 2.05) is 54.6 Å². The van der Waals surface area contributed by atoms with E-state index >= 15 is 0 Å². The Balaban J connectivity index is 1.38. The Morgan fingerprint density at radius 3 is 2.47 bits per heavy atom. The SMILES string of the molecule is CC(=O)Oc1ccccc1-c1nc2sc(=Cc3ccc(OCc4ccccc4)cc3)c(=O)n2n1. The first-order chi connectivity index (χ1) is 16.6. The van der Waals surface area contributed by atoms with Gasteiger partial charge < -0.3 is 9.47 Å². The molecular weight excluding hydrogens is 450 g/mol. The number of carbonyl (C=O) groups is 1. The Kier molecular flexibility index (Phi) is 5.88. The summed E-state index contributed by atoms with van der Waals surface area (Å²) in [5.74, 6) is 0.988. The summed E-state index contributed by atoms with van der Waals surface area (Å²) in [6, 6.07) is 24.5. The van der Waals surface area contributed by atoms with Crippen LogP contribution < -0.4 is 19.6 Å². The average Bonchev–Trinajstić information content (AvgIpc) is 3.38. The molecule has 0 amide bonds. The van der Waals surface area contributed by atoms with Gasteiger partial charge >= 0.3 is 5.97 Å². The van der Waals surface area contributed by atoms with E-state index in [1.54, 1.807) is 30.3 Å². The second-order valence-corrected chi connectivity index (χ2v) is 8.49. The Morgan fingerprint density at radius 2 is 1.74 bits per heavy atom. The molecule has 0 N–H and O–H groups in total. The molecular formula is C26H19N3O4S. The van der Waals surface area contributed by atoms with Crippen molar-refractivity contribution in [1.82, 2.24) is 14.6 Å². The second-order valence-electron chi connectivity index (χ2n) is 7.48. The number of ether oxygens (including phenoxy) is 2. The van der Waals surface area contributed by atoms with Gasteiger partial charge in [0.05, 0.1) is 10.1 Å². The summed E-state index contributed by atoms with van der Waals surface area (Å²) < 4.78 is 12.8. The van der Waals surface area contributed by atoms with Gasteiger partial charge in [0.2, 0.25) is 4.96 Å². The molecule has 168 valence electrons. The predicted octanol–water partition coefficient (Wildman–Crippen LogP) is 3.87. The van der Waals surface area contributed by atoms with Gasteiger partial charge in [-0.25, -0.2) is 0 Å². The molecule has 34 heavy (non-hydrogen) atoms. The summed E-state index contributed by atoms with van der Waals surface area (Å²) in [7, 11) is 0. The number of rotatable bonds is 6. The van der Waals surface area contributed by atoms with Crippen LogP contribution in [-0.4, -0.2) is 20.6 Å². The van der Waals surface area contributed by atoms with Crippen LogP contribution in [0.25, 0.3) is 22.4 Å². The Morgan fingerprint density at radius 1 is 1.00 bits per heavy atom. The first kappa shape index (κ1) is 21.5. The highest BCUT2D eigenvalue weighted by Gasteiger charge is 2.16. The van der Waals surface area contributed by atoms with Gasteiger partial charge in [0.1, 0.15) is 18.1 Å². The smallest absolute Gasteiger partial charge is 0.308 e. The number of hydrogen-bond acceptors (Lipinski definition) is 7. The van der Waals surface area contributed by atoms with Crippen LogP contribution in [0.4, 0.5) is 0 Å². The molecule has 8 heteroatoms. The molecule has 0 fully saturated rings. The topological polar surface area (TPSA) is 82.8 Å². The maximum atomic E-state index is 12.9. The van der Waals surface area contributed by atoms with E-state index in [9.17, 15) is 9.59 Å². The van der Waals surface area contributed by atoms with E-state index in [0.29, 0.717) is 33.2 Å². The Labute approximate surface area is 198 Å².